The molecule has 4 nitrogen and oxygen atoms in total. The molecule has 0 aliphatic carbocycles. The van der Waals surface area contributed by atoms with Gasteiger partial charge in [0.15, 0.2) is 0 Å². The highest BCUT2D eigenvalue weighted by atomic mass is 19.1. The van der Waals surface area contributed by atoms with Crippen LogP contribution in [0, 0.1) is 12.7 Å². The van der Waals surface area contributed by atoms with Crippen molar-refractivity contribution in [2.45, 2.75) is 6.92 Å². The predicted octanol–water partition coefficient (Wildman–Crippen LogP) is 2.59. The number of aryl methyl sites for hydroxylation is 1. The summed E-state index contributed by atoms with van der Waals surface area (Å²) in [6.07, 6.45) is 1.79. The molecule has 0 aliphatic rings. The summed E-state index contributed by atoms with van der Waals surface area (Å²) >= 11 is 0. The average molecular weight is 246 g/mol. The second-order valence-corrected chi connectivity index (χ2v) is 3.87. The van der Waals surface area contributed by atoms with Crippen LogP contribution in [0.15, 0.2) is 42.6 Å². The molecule has 2 aromatic rings. The molecule has 0 radical (unpaired) electrons. The van der Waals surface area contributed by atoms with Crippen LogP contribution in [0.25, 0.3) is 0 Å². The number of amides is 2. The number of carbonyl (C=O) groups is 1. The van der Waals surface area contributed by atoms with E-state index in [2.05, 4.69) is 15.6 Å². The number of benzene rings is 1. The first-order valence-corrected chi connectivity index (χ1v) is 5.45. The van der Waals surface area contributed by atoms with E-state index < -0.39 is 0 Å². The van der Waals surface area contributed by atoms with E-state index >= 15 is 0 Å². The van der Waals surface area contributed by atoms with E-state index in [1.807, 2.05) is 13.0 Å². The maximum Gasteiger partial charge on any atom is 0.411 e. The van der Waals surface area contributed by atoms with Crippen molar-refractivity contribution in [3.05, 3.63) is 54.0 Å². The number of hydrogen-bond donors (Lipinski definition) is 2. The van der Waals surface area contributed by atoms with Crippen LogP contribution in [0.3, 0.4) is 0 Å². The van der Waals surface area contributed by atoms with Gasteiger partial charge in [0.2, 0.25) is 0 Å². The summed E-state index contributed by atoms with van der Waals surface area (Å²) < 4.78 is 12.7. The summed E-state index contributed by atoms with van der Waals surface area (Å²) in [5.41, 5.74) is 1.60. The maximum atomic E-state index is 12.7. The molecule has 2 amide bonds. The van der Waals surface area contributed by atoms with E-state index in [4.69, 9.17) is 0 Å². The number of aromatic nitrogens is 1. The molecule has 0 spiro atoms. The Labute approximate surface area is 104 Å². The number of rotatable bonds is 2. The van der Waals surface area contributed by atoms with E-state index in [1.165, 1.54) is 24.3 Å². The fraction of sp³-hybridized carbons (Fsp3) is 0.0769. The molecule has 0 fully saturated rings. The highest BCUT2D eigenvalue weighted by Crippen LogP contribution is 2.08. The summed E-state index contributed by atoms with van der Waals surface area (Å²) in [5, 5.41) is 5.23. The number of H-pyrrole nitrogens is 1. The van der Waals surface area contributed by atoms with Crippen LogP contribution >= 0.6 is 0 Å². The van der Waals surface area contributed by atoms with Crippen molar-refractivity contribution in [1.82, 2.24) is 0 Å². The van der Waals surface area contributed by atoms with Gasteiger partial charge in [-0.05, 0) is 42.8 Å². The fourth-order valence-electron chi connectivity index (χ4n) is 1.40. The van der Waals surface area contributed by atoms with Gasteiger partial charge in [0.25, 0.3) is 5.82 Å². The van der Waals surface area contributed by atoms with Crippen molar-refractivity contribution in [3.8, 4) is 0 Å². The number of nitrogens with one attached hydrogen (secondary N) is 3. The Morgan fingerprint density at radius 3 is 2.44 bits per heavy atom. The smallest absolute Gasteiger partial charge is 0.288 e. The average Bonchev–Trinajstić information content (AvgIpc) is 2.35. The molecule has 92 valence electrons. The largest absolute Gasteiger partial charge is 0.411 e. The third-order valence-electron chi connectivity index (χ3n) is 2.32. The van der Waals surface area contributed by atoms with Crippen LogP contribution in [0.2, 0.25) is 0 Å². The molecule has 0 aliphatic heterocycles. The van der Waals surface area contributed by atoms with E-state index in [9.17, 15) is 9.18 Å². The lowest BCUT2D eigenvalue weighted by Gasteiger charge is -2.02. The lowest BCUT2D eigenvalue weighted by atomic mass is 10.3. The van der Waals surface area contributed by atoms with Gasteiger partial charge in [-0.2, -0.15) is 5.32 Å². The van der Waals surface area contributed by atoms with Gasteiger partial charge in [0.1, 0.15) is 5.82 Å². The van der Waals surface area contributed by atoms with Gasteiger partial charge in [-0.1, -0.05) is 0 Å². The van der Waals surface area contributed by atoms with E-state index in [1.54, 1.807) is 12.3 Å². The monoisotopic (exact) mass is 246 g/mol. The van der Waals surface area contributed by atoms with Crippen LogP contribution in [-0.2, 0) is 0 Å². The first-order valence-electron chi connectivity index (χ1n) is 5.45. The summed E-state index contributed by atoms with van der Waals surface area (Å²) in [5.74, 6) is 0.244. The summed E-state index contributed by atoms with van der Waals surface area (Å²) in [6.45, 7) is 1.94. The van der Waals surface area contributed by atoms with Gasteiger partial charge in [-0.3, -0.25) is 5.32 Å². The van der Waals surface area contributed by atoms with Crippen LogP contribution < -0.4 is 15.6 Å². The Hall–Kier alpha value is -2.43. The minimum Gasteiger partial charge on any atom is -0.288 e. The Morgan fingerprint density at radius 2 is 1.83 bits per heavy atom. The molecule has 18 heavy (non-hydrogen) atoms. The van der Waals surface area contributed by atoms with Crippen LogP contribution in [0.4, 0.5) is 20.7 Å². The van der Waals surface area contributed by atoms with Gasteiger partial charge in [-0.25, -0.2) is 14.2 Å². The molecular weight excluding hydrogens is 233 g/mol. The molecule has 1 aromatic carbocycles. The van der Waals surface area contributed by atoms with Gasteiger partial charge in [0.05, 0.1) is 6.20 Å². The molecule has 3 N–H and O–H groups in total. The second kappa shape index (κ2) is 5.27. The number of carbonyl (C=O) groups excluding carboxylic acids is 1. The lowest BCUT2D eigenvalue weighted by molar-refractivity contribution is -0.361. The zero-order chi connectivity index (χ0) is 13.0. The SMILES string of the molecule is Cc1ccc(NC(=O)Nc2ccc(F)cc2)[nH+]c1. The lowest BCUT2D eigenvalue weighted by Crippen LogP contribution is -2.24. The first kappa shape index (κ1) is 12.0. The first-order chi connectivity index (χ1) is 8.63. The fourth-order valence-corrected chi connectivity index (χ4v) is 1.40. The zero-order valence-electron chi connectivity index (χ0n) is 9.83. The van der Waals surface area contributed by atoms with Crippen molar-refractivity contribution in [3.63, 3.8) is 0 Å². The van der Waals surface area contributed by atoms with Crippen molar-refractivity contribution in [2.24, 2.45) is 0 Å². The Kier molecular flexibility index (Phi) is 3.52. The minimum absolute atomic E-state index is 0.340. The van der Waals surface area contributed by atoms with Gasteiger partial charge >= 0.3 is 6.03 Å². The van der Waals surface area contributed by atoms with E-state index in [0.29, 0.717) is 11.5 Å². The molecule has 0 bridgehead atoms. The van der Waals surface area contributed by atoms with Crippen molar-refractivity contribution in [2.75, 3.05) is 10.6 Å². The summed E-state index contributed by atoms with van der Waals surface area (Å²) in [7, 11) is 0. The van der Waals surface area contributed by atoms with E-state index in [0.717, 1.165) is 5.56 Å². The van der Waals surface area contributed by atoms with Gasteiger partial charge in [-0.15, -0.1) is 0 Å². The number of pyridine rings is 1. The second-order valence-electron chi connectivity index (χ2n) is 3.87. The molecule has 1 aromatic heterocycles. The molecule has 0 atom stereocenters. The number of urea groups is 1. The molecule has 0 unspecified atom stereocenters. The molecular formula is C13H13FN3O+. The third kappa shape index (κ3) is 3.28. The molecule has 0 saturated heterocycles. The third-order valence-corrected chi connectivity index (χ3v) is 2.32. The van der Waals surface area contributed by atoms with Gasteiger partial charge < -0.3 is 0 Å². The van der Waals surface area contributed by atoms with Crippen LogP contribution in [0.1, 0.15) is 5.56 Å². The van der Waals surface area contributed by atoms with Crippen molar-refractivity contribution in [1.29, 1.82) is 0 Å². The number of aromatic amines is 1. The standard InChI is InChI=1S/C13H12FN3O/c1-9-2-7-12(15-8-9)17-13(18)16-11-5-3-10(14)4-6-11/h2-8H,1H3,(H2,15,16,17,18)/p+1. The predicted molar refractivity (Wildman–Crippen MR) is 66.8 cm³/mol. The number of halogens is 1. The number of hydrogen-bond acceptors (Lipinski definition) is 1. The molecule has 5 heteroatoms. The highest BCUT2D eigenvalue weighted by molar-refractivity contribution is 5.98. The normalized spacial score (nSPS) is 9.89. The molecule has 0 saturated carbocycles. The van der Waals surface area contributed by atoms with Crippen molar-refractivity contribution < 1.29 is 14.2 Å². The van der Waals surface area contributed by atoms with Crippen LogP contribution in [-0.4, -0.2) is 6.03 Å². The summed E-state index contributed by atoms with van der Waals surface area (Å²) in [6, 6.07) is 8.81. The number of anilines is 2. The maximum absolute atomic E-state index is 12.7. The van der Waals surface area contributed by atoms with Crippen molar-refractivity contribution >= 4 is 17.5 Å². The molecule has 2 rings (SSSR count). The molecule has 1 heterocycles. The topological polar surface area (TPSA) is 55.3 Å². The Morgan fingerprint density at radius 1 is 1.11 bits per heavy atom. The summed E-state index contributed by atoms with van der Waals surface area (Å²) in [4.78, 5) is 14.5. The highest BCUT2D eigenvalue weighted by Gasteiger charge is 2.09. The van der Waals surface area contributed by atoms with E-state index in [-0.39, 0.29) is 11.8 Å². The zero-order valence-corrected chi connectivity index (χ0v) is 9.83. The minimum atomic E-state index is -0.387. The Bertz CT molecular complexity index is 488. The Balaban J connectivity index is 1.96. The quantitative estimate of drug-likeness (QED) is 0.840. The van der Waals surface area contributed by atoms with Crippen LogP contribution in [0.5, 0.6) is 0 Å². The van der Waals surface area contributed by atoms with Gasteiger partial charge in [0, 0.05) is 11.8 Å².